The number of hydrogen-bond acceptors (Lipinski definition) is 4. The first kappa shape index (κ1) is 14.3. The fourth-order valence-corrected chi connectivity index (χ4v) is 2.50. The highest BCUT2D eigenvalue weighted by atomic mass is 16.5. The number of nitrogens with one attached hydrogen (secondary N) is 1. The third-order valence-electron chi connectivity index (χ3n) is 3.83. The Kier molecular flexibility index (Phi) is 3.87. The molecule has 22 heavy (non-hydrogen) atoms. The zero-order valence-electron chi connectivity index (χ0n) is 12.2. The van der Waals surface area contributed by atoms with E-state index < -0.39 is 0 Å². The summed E-state index contributed by atoms with van der Waals surface area (Å²) in [5.74, 6) is -0.158. The van der Waals surface area contributed by atoms with Crippen LogP contribution in [-0.2, 0) is 9.53 Å². The van der Waals surface area contributed by atoms with Crippen LogP contribution in [0.5, 0.6) is 0 Å². The van der Waals surface area contributed by atoms with Crippen molar-refractivity contribution < 1.29 is 14.3 Å². The lowest BCUT2D eigenvalue weighted by Crippen LogP contribution is -2.11. The molecule has 112 valence electrons. The van der Waals surface area contributed by atoms with Gasteiger partial charge in [-0.1, -0.05) is 12.1 Å². The molecule has 1 fully saturated rings. The van der Waals surface area contributed by atoms with Gasteiger partial charge in [-0.2, -0.15) is 0 Å². The van der Waals surface area contributed by atoms with Gasteiger partial charge >= 0.3 is 5.97 Å². The van der Waals surface area contributed by atoms with E-state index in [-0.39, 0.29) is 23.7 Å². The number of anilines is 1. The van der Waals surface area contributed by atoms with Gasteiger partial charge in [0, 0.05) is 23.6 Å². The van der Waals surface area contributed by atoms with Gasteiger partial charge in [-0.15, -0.1) is 0 Å². The van der Waals surface area contributed by atoms with E-state index in [4.69, 9.17) is 4.74 Å². The molecule has 0 saturated heterocycles. The molecule has 0 aliphatic heterocycles. The lowest BCUT2D eigenvalue weighted by atomic mass is 10.1. The first-order valence-electron chi connectivity index (χ1n) is 7.08. The molecule has 1 heterocycles. The number of carbonyl (C=O) groups is 2. The highest BCUT2D eigenvalue weighted by molar-refractivity contribution is 6.04. The number of rotatable bonds is 4. The van der Waals surface area contributed by atoms with Crippen LogP contribution in [0.4, 0.5) is 5.69 Å². The van der Waals surface area contributed by atoms with Crippen LogP contribution in [0.3, 0.4) is 0 Å². The minimum Gasteiger partial charge on any atom is -0.469 e. The van der Waals surface area contributed by atoms with E-state index in [0.717, 1.165) is 12.0 Å². The predicted octanol–water partition coefficient (Wildman–Crippen LogP) is 2.61. The number of amides is 1. The molecule has 2 atom stereocenters. The quantitative estimate of drug-likeness (QED) is 0.881. The fourth-order valence-electron chi connectivity index (χ4n) is 2.50. The standard InChI is InChI=1S/C17H16N2O3/c1-22-17(21)15-10-14(15)11-2-4-12(5-3-11)16(20)19-13-6-8-18-9-7-13/h2-9,14-15H,10H2,1H3,(H,18,19,20). The fraction of sp³-hybridized carbons (Fsp3) is 0.235. The SMILES string of the molecule is COC(=O)C1CC1c1ccc(C(=O)Nc2ccncc2)cc1. The molecule has 2 unspecified atom stereocenters. The van der Waals surface area contributed by atoms with Crippen molar-refractivity contribution in [3.05, 3.63) is 59.9 Å². The van der Waals surface area contributed by atoms with Crippen molar-refractivity contribution in [3.63, 3.8) is 0 Å². The van der Waals surface area contributed by atoms with E-state index in [1.807, 2.05) is 12.1 Å². The van der Waals surface area contributed by atoms with E-state index in [1.54, 1.807) is 36.7 Å². The number of methoxy groups -OCH3 is 1. The van der Waals surface area contributed by atoms with Crippen molar-refractivity contribution in [2.75, 3.05) is 12.4 Å². The minimum atomic E-state index is -0.168. The molecule has 1 saturated carbocycles. The van der Waals surface area contributed by atoms with Gasteiger partial charge in [0.2, 0.25) is 0 Å². The van der Waals surface area contributed by atoms with E-state index in [1.165, 1.54) is 7.11 Å². The zero-order chi connectivity index (χ0) is 15.5. The van der Waals surface area contributed by atoms with Crippen molar-refractivity contribution in [1.82, 2.24) is 4.98 Å². The van der Waals surface area contributed by atoms with Crippen LogP contribution in [0, 0.1) is 5.92 Å². The molecule has 1 aliphatic rings. The second-order valence-electron chi connectivity index (χ2n) is 5.28. The van der Waals surface area contributed by atoms with E-state index >= 15 is 0 Å². The second-order valence-corrected chi connectivity index (χ2v) is 5.28. The summed E-state index contributed by atoms with van der Waals surface area (Å²) < 4.78 is 4.75. The number of benzene rings is 1. The summed E-state index contributed by atoms with van der Waals surface area (Å²) in [6.45, 7) is 0. The molecule has 1 aliphatic carbocycles. The minimum absolute atomic E-state index is 0.0403. The first-order valence-corrected chi connectivity index (χ1v) is 7.08. The van der Waals surface area contributed by atoms with Crippen LogP contribution in [0.1, 0.15) is 28.3 Å². The van der Waals surface area contributed by atoms with Crippen molar-refractivity contribution in [3.8, 4) is 0 Å². The molecular formula is C17H16N2O3. The Balaban J connectivity index is 1.65. The summed E-state index contributed by atoms with van der Waals surface area (Å²) in [5.41, 5.74) is 2.35. The lowest BCUT2D eigenvalue weighted by molar-refractivity contribution is -0.142. The molecule has 2 aromatic rings. The van der Waals surface area contributed by atoms with Crippen molar-refractivity contribution in [1.29, 1.82) is 0 Å². The van der Waals surface area contributed by atoms with Crippen molar-refractivity contribution in [2.45, 2.75) is 12.3 Å². The van der Waals surface area contributed by atoms with Gasteiger partial charge in [-0.3, -0.25) is 14.6 Å². The maximum Gasteiger partial charge on any atom is 0.309 e. The monoisotopic (exact) mass is 296 g/mol. The van der Waals surface area contributed by atoms with Crippen molar-refractivity contribution in [2.24, 2.45) is 5.92 Å². The Morgan fingerprint density at radius 2 is 1.82 bits per heavy atom. The maximum atomic E-state index is 12.1. The van der Waals surface area contributed by atoms with Gasteiger partial charge in [0.05, 0.1) is 13.0 Å². The summed E-state index contributed by atoms with van der Waals surface area (Å²) >= 11 is 0. The van der Waals surface area contributed by atoms with Crippen LogP contribution in [0.2, 0.25) is 0 Å². The highest BCUT2D eigenvalue weighted by Gasteiger charge is 2.44. The van der Waals surface area contributed by atoms with Crippen molar-refractivity contribution >= 4 is 17.6 Å². The maximum absolute atomic E-state index is 12.1. The molecular weight excluding hydrogens is 280 g/mol. The van der Waals surface area contributed by atoms with E-state index in [0.29, 0.717) is 11.3 Å². The summed E-state index contributed by atoms with van der Waals surface area (Å²) in [7, 11) is 1.41. The van der Waals surface area contributed by atoms with Gasteiger partial charge in [-0.25, -0.2) is 0 Å². The molecule has 1 N–H and O–H groups in total. The average molecular weight is 296 g/mol. The summed E-state index contributed by atoms with van der Waals surface area (Å²) in [5, 5.41) is 2.81. The number of aromatic nitrogens is 1. The lowest BCUT2D eigenvalue weighted by Gasteiger charge is -2.06. The molecule has 1 aromatic carbocycles. The Hall–Kier alpha value is -2.69. The second kappa shape index (κ2) is 5.97. The number of nitrogens with zero attached hydrogens (tertiary/aromatic N) is 1. The van der Waals surface area contributed by atoms with Gasteiger partial charge < -0.3 is 10.1 Å². The average Bonchev–Trinajstić information content (AvgIpc) is 3.36. The van der Waals surface area contributed by atoms with Gasteiger partial charge in [-0.05, 0) is 42.2 Å². The Bertz CT molecular complexity index is 683. The van der Waals surface area contributed by atoms with Gasteiger partial charge in [0.25, 0.3) is 5.91 Å². The predicted molar refractivity (Wildman–Crippen MR) is 81.5 cm³/mol. The molecule has 5 nitrogen and oxygen atoms in total. The molecule has 0 bridgehead atoms. The first-order chi connectivity index (χ1) is 10.7. The third-order valence-corrected chi connectivity index (χ3v) is 3.83. The normalized spacial score (nSPS) is 19.3. The van der Waals surface area contributed by atoms with Gasteiger partial charge in [0.15, 0.2) is 0 Å². The summed E-state index contributed by atoms with van der Waals surface area (Å²) in [6, 6.07) is 10.8. The number of ether oxygens (including phenoxy) is 1. The number of carbonyl (C=O) groups excluding carboxylic acids is 2. The molecule has 0 spiro atoms. The van der Waals surface area contributed by atoms with Crippen LogP contribution in [0.25, 0.3) is 0 Å². The Morgan fingerprint density at radius 3 is 2.45 bits per heavy atom. The molecule has 5 heteroatoms. The van der Waals surface area contributed by atoms with Crippen LogP contribution < -0.4 is 5.32 Å². The third kappa shape index (κ3) is 2.98. The topological polar surface area (TPSA) is 68.3 Å². The Morgan fingerprint density at radius 1 is 1.14 bits per heavy atom. The van der Waals surface area contributed by atoms with Crippen LogP contribution in [0.15, 0.2) is 48.8 Å². The highest BCUT2D eigenvalue weighted by Crippen LogP contribution is 2.48. The number of esters is 1. The zero-order valence-corrected chi connectivity index (χ0v) is 12.2. The van der Waals surface area contributed by atoms with Crippen LogP contribution >= 0.6 is 0 Å². The number of pyridine rings is 1. The van der Waals surface area contributed by atoms with E-state index in [9.17, 15) is 9.59 Å². The van der Waals surface area contributed by atoms with Gasteiger partial charge in [0.1, 0.15) is 0 Å². The summed E-state index contributed by atoms with van der Waals surface area (Å²) in [6.07, 6.45) is 4.06. The van der Waals surface area contributed by atoms with Crippen LogP contribution in [-0.4, -0.2) is 24.0 Å². The smallest absolute Gasteiger partial charge is 0.309 e. The molecule has 1 aromatic heterocycles. The van der Waals surface area contributed by atoms with E-state index in [2.05, 4.69) is 10.3 Å². The molecule has 3 rings (SSSR count). The summed E-state index contributed by atoms with van der Waals surface area (Å²) in [4.78, 5) is 27.5. The number of hydrogen-bond donors (Lipinski definition) is 1. The molecule has 0 radical (unpaired) electrons. The molecule has 1 amide bonds. The largest absolute Gasteiger partial charge is 0.469 e. The Labute approximate surface area is 128 Å².